The highest BCUT2D eigenvalue weighted by Gasteiger charge is 2.06. The minimum absolute atomic E-state index is 0.0776. The van der Waals surface area contributed by atoms with Crippen molar-refractivity contribution in [2.75, 3.05) is 0 Å². The van der Waals surface area contributed by atoms with Gasteiger partial charge in [0.1, 0.15) is 5.75 Å². The molecule has 0 radical (unpaired) electrons. The molecule has 0 fully saturated rings. The van der Waals surface area contributed by atoms with Gasteiger partial charge in [-0.2, -0.15) is 0 Å². The van der Waals surface area contributed by atoms with E-state index in [0.717, 1.165) is 0 Å². The van der Waals surface area contributed by atoms with E-state index in [1.54, 1.807) is 18.2 Å². The quantitative estimate of drug-likeness (QED) is 0.270. The maximum Gasteiger partial charge on any atom is 0.336 e. The fourth-order valence-corrected chi connectivity index (χ4v) is 1.87. The van der Waals surface area contributed by atoms with Gasteiger partial charge in [-0.25, -0.2) is 4.79 Å². The molecule has 0 unspecified atom stereocenters. The van der Waals surface area contributed by atoms with Gasteiger partial charge in [0.2, 0.25) is 0 Å². The van der Waals surface area contributed by atoms with Gasteiger partial charge in [0.05, 0.1) is 15.0 Å². The second-order valence-corrected chi connectivity index (χ2v) is 4.99. The summed E-state index contributed by atoms with van der Waals surface area (Å²) in [5, 5.41) is 11.3. The number of benzene rings is 2. The molecule has 0 aromatic heterocycles. The van der Waals surface area contributed by atoms with E-state index in [1.165, 1.54) is 36.4 Å². The first-order chi connectivity index (χ1) is 10.5. The Morgan fingerprint density at radius 3 is 2.36 bits per heavy atom. The van der Waals surface area contributed by atoms with E-state index in [9.17, 15) is 14.9 Å². The monoisotopic (exact) mass is 337 g/mol. The first-order valence-corrected chi connectivity index (χ1v) is 6.81. The Labute approximate surface area is 135 Å². The molecule has 0 amide bonds. The van der Waals surface area contributed by atoms with E-state index in [2.05, 4.69) is 0 Å². The lowest BCUT2D eigenvalue weighted by atomic mass is 10.2. The highest BCUT2D eigenvalue weighted by Crippen LogP contribution is 2.23. The number of nitrogens with zero attached hydrogens (tertiary/aromatic N) is 1. The summed E-state index contributed by atoms with van der Waals surface area (Å²) in [6.45, 7) is 0. The van der Waals surface area contributed by atoms with Crippen molar-refractivity contribution in [3.63, 3.8) is 0 Å². The maximum absolute atomic E-state index is 11.7. The van der Waals surface area contributed by atoms with Gasteiger partial charge >= 0.3 is 5.97 Å². The van der Waals surface area contributed by atoms with E-state index < -0.39 is 10.9 Å². The van der Waals surface area contributed by atoms with Crippen LogP contribution < -0.4 is 4.74 Å². The minimum atomic E-state index is -0.611. The van der Waals surface area contributed by atoms with Gasteiger partial charge < -0.3 is 4.74 Å². The fourth-order valence-electron chi connectivity index (χ4n) is 1.57. The third-order valence-electron chi connectivity index (χ3n) is 2.62. The number of hydrogen-bond donors (Lipinski definition) is 0. The van der Waals surface area contributed by atoms with Crippen molar-refractivity contribution in [1.82, 2.24) is 0 Å². The fraction of sp³-hybridized carbons (Fsp3) is 0. The van der Waals surface area contributed by atoms with Gasteiger partial charge in [-0.05, 0) is 35.9 Å². The zero-order valence-electron chi connectivity index (χ0n) is 11.0. The maximum atomic E-state index is 11.7. The molecule has 0 aliphatic carbocycles. The molecule has 0 aliphatic heterocycles. The van der Waals surface area contributed by atoms with Crippen LogP contribution in [0.3, 0.4) is 0 Å². The molecule has 7 heteroatoms. The smallest absolute Gasteiger partial charge is 0.336 e. The predicted octanol–water partition coefficient (Wildman–Crippen LogP) is 4.52. The topological polar surface area (TPSA) is 69.4 Å². The standard InChI is InChI=1S/C15H9Cl2NO4/c16-13-7-1-10(9-14(13)17)2-8-15(19)22-12-5-3-11(4-6-12)18(20)21/h1-9H/b8-2+. The molecule has 2 rings (SSSR count). The minimum Gasteiger partial charge on any atom is -0.423 e. The number of ether oxygens (including phenoxy) is 1. The molecule has 5 nitrogen and oxygen atoms in total. The summed E-state index contributed by atoms with van der Waals surface area (Å²) >= 11 is 11.7. The second-order valence-electron chi connectivity index (χ2n) is 4.18. The van der Waals surface area contributed by atoms with Gasteiger partial charge in [-0.3, -0.25) is 10.1 Å². The van der Waals surface area contributed by atoms with E-state index in [-0.39, 0.29) is 11.4 Å². The Kier molecular flexibility index (Phi) is 5.14. The van der Waals surface area contributed by atoms with Crippen LogP contribution in [-0.4, -0.2) is 10.9 Å². The van der Waals surface area contributed by atoms with Crippen LogP contribution in [0.1, 0.15) is 5.56 Å². The van der Waals surface area contributed by atoms with Crippen LogP contribution in [0.25, 0.3) is 6.08 Å². The van der Waals surface area contributed by atoms with Crippen molar-refractivity contribution < 1.29 is 14.5 Å². The molecule has 22 heavy (non-hydrogen) atoms. The van der Waals surface area contributed by atoms with E-state index in [1.807, 2.05) is 0 Å². The normalized spacial score (nSPS) is 10.6. The number of nitro benzene ring substituents is 1. The van der Waals surface area contributed by atoms with Gasteiger partial charge in [0, 0.05) is 18.2 Å². The zero-order chi connectivity index (χ0) is 16.1. The summed E-state index contributed by atoms with van der Waals surface area (Å²) in [4.78, 5) is 21.6. The molecule has 2 aromatic rings. The summed E-state index contributed by atoms with van der Waals surface area (Å²) in [5.74, 6) is -0.394. The largest absolute Gasteiger partial charge is 0.423 e. The molecule has 2 aromatic carbocycles. The second kappa shape index (κ2) is 7.06. The lowest BCUT2D eigenvalue weighted by Crippen LogP contribution is -2.03. The molecular weight excluding hydrogens is 329 g/mol. The van der Waals surface area contributed by atoms with Crippen molar-refractivity contribution in [2.45, 2.75) is 0 Å². The Bertz CT molecular complexity index is 742. The number of non-ortho nitro benzene ring substituents is 1. The molecule has 0 N–H and O–H groups in total. The highest BCUT2D eigenvalue weighted by molar-refractivity contribution is 6.42. The zero-order valence-corrected chi connectivity index (χ0v) is 12.5. The van der Waals surface area contributed by atoms with Gasteiger partial charge in [-0.1, -0.05) is 29.3 Å². The van der Waals surface area contributed by atoms with Gasteiger partial charge in [-0.15, -0.1) is 0 Å². The molecule has 0 bridgehead atoms. The molecule has 112 valence electrons. The van der Waals surface area contributed by atoms with Crippen LogP contribution in [-0.2, 0) is 4.79 Å². The Hall–Kier alpha value is -2.37. The molecule has 0 heterocycles. The van der Waals surface area contributed by atoms with E-state index >= 15 is 0 Å². The average molecular weight is 338 g/mol. The average Bonchev–Trinajstić information content (AvgIpc) is 2.49. The van der Waals surface area contributed by atoms with Crippen LogP contribution >= 0.6 is 23.2 Å². The Morgan fingerprint density at radius 1 is 1.09 bits per heavy atom. The summed E-state index contributed by atoms with van der Waals surface area (Å²) < 4.78 is 5.02. The van der Waals surface area contributed by atoms with Crippen molar-refractivity contribution in [2.24, 2.45) is 0 Å². The molecule has 0 saturated carbocycles. The number of esters is 1. The Morgan fingerprint density at radius 2 is 1.77 bits per heavy atom. The van der Waals surface area contributed by atoms with E-state index in [0.29, 0.717) is 15.6 Å². The van der Waals surface area contributed by atoms with Crippen molar-refractivity contribution in [1.29, 1.82) is 0 Å². The summed E-state index contributed by atoms with van der Waals surface area (Å²) in [6.07, 6.45) is 2.75. The van der Waals surface area contributed by atoms with E-state index in [4.69, 9.17) is 27.9 Å². The van der Waals surface area contributed by atoms with Crippen LogP contribution in [0.5, 0.6) is 5.75 Å². The number of halogens is 2. The van der Waals surface area contributed by atoms with Crippen LogP contribution in [0, 0.1) is 10.1 Å². The molecule has 0 saturated heterocycles. The van der Waals surface area contributed by atoms with Crippen molar-refractivity contribution in [3.8, 4) is 5.75 Å². The third-order valence-corrected chi connectivity index (χ3v) is 3.36. The van der Waals surface area contributed by atoms with Crippen molar-refractivity contribution >= 4 is 40.9 Å². The van der Waals surface area contributed by atoms with Crippen LogP contribution in [0.4, 0.5) is 5.69 Å². The first-order valence-electron chi connectivity index (χ1n) is 6.05. The third kappa shape index (κ3) is 4.31. The first kappa shape index (κ1) is 16.0. The van der Waals surface area contributed by atoms with Crippen LogP contribution in [0.15, 0.2) is 48.5 Å². The summed E-state index contributed by atoms with van der Waals surface area (Å²) in [6, 6.07) is 10.1. The van der Waals surface area contributed by atoms with Crippen molar-refractivity contribution in [3.05, 3.63) is 74.3 Å². The lowest BCUT2D eigenvalue weighted by molar-refractivity contribution is -0.384. The SMILES string of the molecule is O=C(/C=C/c1ccc(Cl)c(Cl)c1)Oc1ccc([N+](=O)[O-])cc1. The highest BCUT2D eigenvalue weighted by atomic mass is 35.5. The number of carbonyl (C=O) groups is 1. The number of rotatable bonds is 4. The number of carbonyl (C=O) groups excluding carboxylic acids is 1. The summed E-state index contributed by atoms with van der Waals surface area (Å²) in [7, 11) is 0. The predicted molar refractivity (Wildman–Crippen MR) is 84.2 cm³/mol. The molecular formula is C15H9Cl2NO4. The number of hydrogen-bond acceptors (Lipinski definition) is 4. The number of nitro groups is 1. The summed E-state index contributed by atoms with van der Waals surface area (Å²) in [5.41, 5.74) is 0.612. The van der Waals surface area contributed by atoms with Crippen LogP contribution in [0.2, 0.25) is 10.0 Å². The molecule has 0 atom stereocenters. The Balaban J connectivity index is 2.01. The van der Waals surface area contributed by atoms with Gasteiger partial charge in [0.25, 0.3) is 5.69 Å². The van der Waals surface area contributed by atoms with Gasteiger partial charge in [0.15, 0.2) is 0 Å². The lowest BCUT2D eigenvalue weighted by Gasteiger charge is -2.01. The molecule has 0 spiro atoms. The molecule has 0 aliphatic rings.